The number of carbonyl (C=O) groups is 3. The zero-order valence-electron chi connectivity index (χ0n) is 13.4. The molecule has 0 radical (unpaired) electrons. The zero-order chi connectivity index (χ0) is 16.7. The van der Waals surface area contributed by atoms with Crippen LogP contribution in [0.1, 0.15) is 31.1 Å². The van der Waals surface area contributed by atoms with Gasteiger partial charge in [0.1, 0.15) is 0 Å². The van der Waals surface area contributed by atoms with Crippen LogP contribution in [-0.4, -0.2) is 38.0 Å². The summed E-state index contributed by atoms with van der Waals surface area (Å²) < 4.78 is 4.63. The third-order valence-corrected chi connectivity index (χ3v) is 3.14. The van der Waals surface area contributed by atoms with Crippen molar-refractivity contribution in [2.24, 2.45) is 5.92 Å². The van der Waals surface area contributed by atoms with Crippen molar-refractivity contribution in [3.05, 3.63) is 29.8 Å². The van der Waals surface area contributed by atoms with Gasteiger partial charge in [-0.05, 0) is 24.3 Å². The van der Waals surface area contributed by atoms with Crippen LogP contribution in [0.15, 0.2) is 24.3 Å². The third kappa shape index (κ3) is 4.87. The van der Waals surface area contributed by atoms with E-state index in [1.807, 2.05) is 13.8 Å². The fourth-order valence-corrected chi connectivity index (χ4v) is 1.86. The van der Waals surface area contributed by atoms with E-state index in [1.54, 1.807) is 29.2 Å². The van der Waals surface area contributed by atoms with Crippen LogP contribution < -0.4 is 10.2 Å². The molecule has 0 aliphatic rings. The van der Waals surface area contributed by atoms with Crippen LogP contribution >= 0.6 is 0 Å². The molecule has 22 heavy (non-hydrogen) atoms. The summed E-state index contributed by atoms with van der Waals surface area (Å²) in [6.07, 6.45) is 0. The SMILES string of the molecule is COC(=O)c1ccc(N(CCNC(=O)C(C)C)C(C)=O)cc1. The Bertz CT molecular complexity index is 538. The van der Waals surface area contributed by atoms with Gasteiger partial charge in [0.15, 0.2) is 0 Å². The lowest BCUT2D eigenvalue weighted by Gasteiger charge is -2.22. The molecule has 1 aromatic rings. The standard InChI is InChI=1S/C16H22N2O4/c1-11(2)15(20)17-9-10-18(12(3)19)14-7-5-13(6-8-14)16(21)22-4/h5-8,11H,9-10H2,1-4H3,(H,17,20). The highest BCUT2D eigenvalue weighted by Gasteiger charge is 2.13. The Balaban J connectivity index is 2.73. The smallest absolute Gasteiger partial charge is 0.337 e. The van der Waals surface area contributed by atoms with Gasteiger partial charge in [0.2, 0.25) is 11.8 Å². The van der Waals surface area contributed by atoms with Crippen molar-refractivity contribution in [3.8, 4) is 0 Å². The summed E-state index contributed by atoms with van der Waals surface area (Å²) in [5.74, 6) is -0.704. The van der Waals surface area contributed by atoms with Crippen LogP contribution in [-0.2, 0) is 14.3 Å². The first kappa shape index (κ1) is 17.7. The molecule has 0 aliphatic heterocycles. The minimum atomic E-state index is -0.426. The van der Waals surface area contributed by atoms with Crippen LogP contribution in [0.2, 0.25) is 0 Å². The number of nitrogens with zero attached hydrogens (tertiary/aromatic N) is 1. The summed E-state index contributed by atoms with van der Waals surface area (Å²) in [6, 6.07) is 6.56. The maximum atomic E-state index is 11.8. The lowest BCUT2D eigenvalue weighted by molar-refractivity contribution is -0.124. The number of hydrogen-bond acceptors (Lipinski definition) is 4. The Morgan fingerprint density at radius 1 is 1.18 bits per heavy atom. The molecule has 1 aromatic carbocycles. The number of hydrogen-bond donors (Lipinski definition) is 1. The van der Waals surface area contributed by atoms with Crippen molar-refractivity contribution >= 4 is 23.5 Å². The van der Waals surface area contributed by atoms with Gasteiger partial charge in [0.05, 0.1) is 12.7 Å². The summed E-state index contributed by atoms with van der Waals surface area (Å²) in [4.78, 5) is 36.2. The number of methoxy groups -OCH3 is 1. The van der Waals surface area contributed by atoms with Crippen molar-refractivity contribution < 1.29 is 19.1 Å². The van der Waals surface area contributed by atoms with E-state index in [1.165, 1.54) is 14.0 Å². The molecule has 0 aromatic heterocycles. The Morgan fingerprint density at radius 2 is 1.77 bits per heavy atom. The molecule has 0 heterocycles. The molecule has 6 nitrogen and oxygen atoms in total. The average Bonchev–Trinajstić information content (AvgIpc) is 2.50. The largest absolute Gasteiger partial charge is 0.465 e. The second-order valence-electron chi connectivity index (χ2n) is 5.15. The molecule has 1 N–H and O–H groups in total. The van der Waals surface area contributed by atoms with Gasteiger partial charge in [0.25, 0.3) is 0 Å². The van der Waals surface area contributed by atoms with Crippen LogP contribution in [0.25, 0.3) is 0 Å². The summed E-state index contributed by atoms with van der Waals surface area (Å²) in [5, 5.41) is 2.77. The number of rotatable bonds is 6. The molecule has 0 saturated carbocycles. The Labute approximate surface area is 130 Å². The van der Waals surface area contributed by atoms with Crippen LogP contribution in [0.4, 0.5) is 5.69 Å². The molecule has 0 fully saturated rings. The first-order valence-corrected chi connectivity index (χ1v) is 7.11. The Kier molecular flexibility index (Phi) is 6.56. The fraction of sp³-hybridized carbons (Fsp3) is 0.438. The van der Waals surface area contributed by atoms with Crippen LogP contribution in [0.3, 0.4) is 0 Å². The van der Waals surface area contributed by atoms with E-state index in [0.29, 0.717) is 24.3 Å². The number of ether oxygens (including phenoxy) is 1. The average molecular weight is 306 g/mol. The molecule has 0 saturated heterocycles. The minimum absolute atomic E-state index is 0.0514. The molecule has 0 bridgehead atoms. The number of benzene rings is 1. The van der Waals surface area contributed by atoms with Crippen molar-refractivity contribution in [1.29, 1.82) is 0 Å². The first-order chi connectivity index (χ1) is 10.4. The van der Waals surface area contributed by atoms with E-state index in [0.717, 1.165) is 0 Å². The Morgan fingerprint density at radius 3 is 2.23 bits per heavy atom. The van der Waals surface area contributed by atoms with Gasteiger partial charge in [-0.1, -0.05) is 13.8 Å². The predicted molar refractivity (Wildman–Crippen MR) is 83.7 cm³/mol. The quantitative estimate of drug-likeness (QED) is 0.810. The van der Waals surface area contributed by atoms with Crippen molar-refractivity contribution in [3.63, 3.8) is 0 Å². The summed E-state index contributed by atoms with van der Waals surface area (Å²) in [5.41, 5.74) is 1.09. The molecule has 120 valence electrons. The lowest BCUT2D eigenvalue weighted by Crippen LogP contribution is -2.38. The van der Waals surface area contributed by atoms with E-state index in [9.17, 15) is 14.4 Å². The molecular weight excluding hydrogens is 284 g/mol. The highest BCUT2D eigenvalue weighted by molar-refractivity contribution is 5.93. The van der Waals surface area contributed by atoms with Gasteiger partial charge in [-0.25, -0.2) is 4.79 Å². The zero-order valence-corrected chi connectivity index (χ0v) is 13.4. The highest BCUT2D eigenvalue weighted by Crippen LogP contribution is 2.16. The molecule has 6 heteroatoms. The molecule has 0 atom stereocenters. The van der Waals surface area contributed by atoms with Gasteiger partial charge in [0, 0.05) is 31.6 Å². The summed E-state index contributed by atoms with van der Waals surface area (Å²) in [6.45, 7) is 5.81. The van der Waals surface area contributed by atoms with Gasteiger partial charge < -0.3 is 15.0 Å². The molecule has 0 unspecified atom stereocenters. The Hall–Kier alpha value is -2.37. The maximum absolute atomic E-state index is 11.8. The molecule has 0 spiro atoms. The molecule has 2 amide bonds. The van der Waals surface area contributed by atoms with Crippen LogP contribution in [0.5, 0.6) is 0 Å². The number of amides is 2. The van der Waals surface area contributed by atoms with E-state index in [4.69, 9.17) is 0 Å². The van der Waals surface area contributed by atoms with Crippen LogP contribution in [0, 0.1) is 5.92 Å². The highest BCUT2D eigenvalue weighted by atomic mass is 16.5. The minimum Gasteiger partial charge on any atom is -0.465 e. The third-order valence-electron chi connectivity index (χ3n) is 3.14. The molecule has 0 aliphatic carbocycles. The predicted octanol–water partition coefficient (Wildman–Crippen LogP) is 1.60. The second-order valence-corrected chi connectivity index (χ2v) is 5.15. The molecular formula is C16H22N2O4. The number of esters is 1. The van der Waals surface area contributed by atoms with Crippen molar-refractivity contribution in [1.82, 2.24) is 5.32 Å². The monoisotopic (exact) mass is 306 g/mol. The summed E-state index contributed by atoms with van der Waals surface area (Å²) in [7, 11) is 1.32. The van der Waals surface area contributed by atoms with E-state index in [-0.39, 0.29) is 17.7 Å². The lowest BCUT2D eigenvalue weighted by atomic mass is 10.2. The fourth-order valence-electron chi connectivity index (χ4n) is 1.86. The van der Waals surface area contributed by atoms with E-state index >= 15 is 0 Å². The molecule has 1 rings (SSSR count). The van der Waals surface area contributed by atoms with E-state index in [2.05, 4.69) is 10.1 Å². The topological polar surface area (TPSA) is 75.7 Å². The van der Waals surface area contributed by atoms with Gasteiger partial charge in [-0.15, -0.1) is 0 Å². The van der Waals surface area contributed by atoms with Gasteiger partial charge in [-0.3, -0.25) is 9.59 Å². The first-order valence-electron chi connectivity index (χ1n) is 7.11. The number of nitrogens with one attached hydrogen (secondary N) is 1. The van der Waals surface area contributed by atoms with Gasteiger partial charge in [-0.2, -0.15) is 0 Å². The maximum Gasteiger partial charge on any atom is 0.337 e. The normalized spacial score (nSPS) is 10.2. The van der Waals surface area contributed by atoms with E-state index < -0.39 is 5.97 Å². The van der Waals surface area contributed by atoms with Crippen molar-refractivity contribution in [2.45, 2.75) is 20.8 Å². The number of carbonyl (C=O) groups excluding carboxylic acids is 3. The van der Waals surface area contributed by atoms with Crippen molar-refractivity contribution in [2.75, 3.05) is 25.1 Å². The summed E-state index contributed by atoms with van der Waals surface area (Å²) >= 11 is 0. The second kappa shape index (κ2) is 8.17. The number of anilines is 1. The van der Waals surface area contributed by atoms with Gasteiger partial charge >= 0.3 is 5.97 Å².